The summed E-state index contributed by atoms with van der Waals surface area (Å²) >= 11 is 6.15. The van der Waals surface area contributed by atoms with Crippen molar-refractivity contribution in [3.63, 3.8) is 0 Å². The number of aromatic nitrogens is 3. The Labute approximate surface area is 150 Å². The molecule has 0 fully saturated rings. The molecule has 0 saturated heterocycles. The minimum Gasteiger partial charge on any atom is -0.395 e. The molecule has 0 aliphatic carbocycles. The van der Waals surface area contributed by atoms with Gasteiger partial charge in [0.25, 0.3) is 5.56 Å². The lowest BCUT2D eigenvalue weighted by molar-refractivity contribution is 0.256. The van der Waals surface area contributed by atoms with Crippen molar-refractivity contribution in [2.24, 2.45) is 0 Å². The quantitative estimate of drug-likeness (QED) is 0.513. The Morgan fingerprint density at radius 2 is 1.92 bits per heavy atom. The standard InChI is InChI=1S/C16H13ClF2N4O3/c17-14-10-2-4-13(26)23(12-3-1-9(18)7-11(12)19)15(10)21-16(20-14)22(8-25)5-6-24/h1-4,7,24-25H,5-6,8H2. The number of hydrogen-bond acceptors (Lipinski definition) is 6. The van der Waals surface area contributed by atoms with Crippen LogP contribution in [0.1, 0.15) is 0 Å². The molecule has 0 radical (unpaired) electrons. The molecule has 26 heavy (non-hydrogen) atoms. The number of hydrogen-bond donors (Lipinski definition) is 2. The molecule has 0 aliphatic heterocycles. The number of pyridine rings is 1. The molecule has 3 aromatic rings. The first-order valence-corrected chi connectivity index (χ1v) is 7.85. The molecule has 0 amide bonds. The Kier molecular flexibility index (Phi) is 5.12. The van der Waals surface area contributed by atoms with E-state index in [4.69, 9.17) is 16.7 Å². The van der Waals surface area contributed by atoms with Crippen LogP contribution >= 0.6 is 11.6 Å². The van der Waals surface area contributed by atoms with E-state index >= 15 is 0 Å². The van der Waals surface area contributed by atoms with Crippen LogP contribution < -0.4 is 10.5 Å². The molecule has 0 saturated carbocycles. The van der Waals surface area contributed by atoms with Gasteiger partial charge in [0.15, 0.2) is 5.65 Å². The predicted molar refractivity (Wildman–Crippen MR) is 91.6 cm³/mol. The first-order chi connectivity index (χ1) is 12.5. The summed E-state index contributed by atoms with van der Waals surface area (Å²) in [4.78, 5) is 21.8. The van der Waals surface area contributed by atoms with Crippen molar-refractivity contribution in [1.82, 2.24) is 14.5 Å². The van der Waals surface area contributed by atoms with Gasteiger partial charge in [0.2, 0.25) is 5.95 Å². The maximum absolute atomic E-state index is 14.2. The molecular weight excluding hydrogens is 370 g/mol. The summed E-state index contributed by atoms with van der Waals surface area (Å²) in [6, 6.07) is 5.32. The summed E-state index contributed by atoms with van der Waals surface area (Å²) in [6.07, 6.45) is 0. The summed E-state index contributed by atoms with van der Waals surface area (Å²) in [7, 11) is 0. The van der Waals surface area contributed by atoms with Crippen LogP contribution in [0.25, 0.3) is 16.7 Å². The van der Waals surface area contributed by atoms with E-state index < -0.39 is 23.9 Å². The van der Waals surface area contributed by atoms with Gasteiger partial charge in [0.1, 0.15) is 23.5 Å². The third kappa shape index (κ3) is 3.24. The molecule has 2 heterocycles. The molecule has 2 aromatic heterocycles. The second kappa shape index (κ2) is 7.32. The van der Waals surface area contributed by atoms with Crippen LogP contribution in [-0.4, -0.2) is 44.6 Å². The predicted octanol–water partition coefficient (Wildman–Crippen LogP) is 1.46. The average molecular weight is 383 g/mol. The number of nitrogens with zero attached hydrogens (tertiary/aromatic N) is 4. The molecule has 2 N–H and O–H groups in total. The van der Waals surface area contributed by atoms with E-state index in [0.717, 1.165) is 22.8 Å². The van der Waals surface area contributed by atoms with E-state index in [1.54, 1.807) is 0 Å². The second-order valence-corrected chi connectivity index (χ2v) is 5.64. The highest BCUT2D eigenvalue weighted by Crippen LogP contribution is 2.25. The SMILES string of the molecule is O=c1ccc2c(Cl)nc(N(CO)CCO)nc2n1-c1ccc(F)cc1F. The number of halogens is 3. The van der Waals surface area contributed by atoms with Crippen molar-refractivity contribution in [2.45, 2.75) is 0 Å². The van der Waals surface area contributed by atoms with E-state index in [0.29, 0.717) is 6.07 Å². The van der Waals surface area contributed by atoms with Gasteiger partial charge in [-0.3, -0.25) is 9.36 Å². The molecule has 0 atom stereocenters. The maximum Gasteiger partial charge on any atom is 0.256 e. The molecule has 10 heteroatoms. The number of rotatable bonds is 5. The summed E-state index contributed by atoms with van der Waals surface area (Å²) in [6.45, 7) is -0.779. The van der Waals surface area contributed by atoms with Crippen LogP contribution in [0, 0.1) is 11.6 Å². The average Bonchev–Trinajstić information content (AvgIpc) is 2.60. The Hall–Kier alpha value is -2.62. The molecule has 7 nitrogen and oxygen atoms in total. The van der Waals surface area contributed by atoms with E-state index in [1.165, 1.54) is 11.0 Å². The molecule has 0 aliphatic rings. The maximum atomic E-state index is 14.2. The van der Waals surface area contributed by atoms with Gasteiger partial charge in [-0.15, -0.1) is 0 Å². The Morgan fingerprint density at radius 1 is 1.15 bits per heavy atom. The van der Waals surface area contributed by atoms with Crippen LogP contribution in [0.5, 0.6) is 0 Å². The zero-order chi connectivity index (χ0) is 18.8. The summed E-state index contributed by atoms with van der Waals surface area (Å²) in [5, 5.41) is 18.7. The van der Waals surface area contributed by atoms with Crippen LogP contribution in [0.3, 0.4) is 0 Å². The van der Waals surface area contributed by atoms with Crippen molar-refractivity contribution < 1.29 is 19.0 Å². The third-order valence-electron chi connectivity index (χ3n) is 3.67. The third-order valence-corrected chi connectivity index (χ3v) is 3.95. The number of fused-ring (bicyclic) bond motifs is 1. The lowest BCUT2D eigenvalue weighted by Crippen LogP contribution is -2.30. The lowest BCUT2D eigenvalue weighted by atomic mass is 10.2. The minimum absolute atomic E-state index is 0.0142. The Balaban J connectivity index is 2.33. The molecule has 0 bridgehead atoms. The van der Waals surface area contributed by atoms with Gasteiger partial charge in [-0.25, -0.2) is 13.8 Å². The van der Waals surface area contributed by atoms with Gasteiger partial charge >= 0.3 is 0 Å². The van der Waals surface area contributed by atoms with Gasteiger partial charge < -0.3 is 15.1 Å². The first-order valence-electron chi connectivity index (χ1n) is 7.47. The van der Waals surface area contributed by atoms with Crippen LogP contribution in [-0.2, 0) is 0 Å². The molecule has 0 unspecified atom stereocenters. The fraction of sp³-hybridized carbons (Fsp3) is 0.188. The topological polar surface area (TPSA) is 91.5 Å². The zero-order valence-electron chi connectivity index (χ0n) is 13.2. The van der Waals surface area contributed by atoms with E-state index in [9.17, 15) is 18.7 Å². The Bertz CT molecular complexity index is 1030. The first kappa shape index (κ1) is 18.2. The normalized spacial score (nSPS) is 11.1. The van der Waals surface area contributed by atoms with Gasteiger partial charge in [0, 0.05) is 18.7 Å². The van der Waals surface area contributed by atoms with Crippen LogP contribution in [0.2, 0.25) is 5.15 Å². The van der Waals surface area contributed by atoms with Gasteiger partial charge in [-0.2, -0.15) is 4.98 Å². The van der Waals surface area contributed by atoms with Crippen molar-refractivity contribution in [3.8, 4) is 5.69 Å². The summed E-state index contributed by atoms with van der Waals surface area (Å²) in [5.41, 5.74) is -0.837. The fourth-order valence-corrected chi connectivity index (χ4v) is 2.68. The number of anilines is 1. The van der Waals surface area contributed by atoms with Crippen molar-refractivity contribution in [1.29, 1.82) is 0 Å². The highest BCUT2D eigenvalue weighted by atomic mass is 35.5. The van der Waals surface area contributed by atoms with Crippen molar-refractivity contribution in [2.75, 3.05) is 24.8 Å². The van der Waals surface area contributed by atoms with Crippen LogP contribution in [0.4, 0.5) is 14.7 Å². The number of aliphatic hydroxyl groups excluding tert-OH is 2. The lowest BCUT2D eigenvalue weighted by Gasteiger charge is -2.20. The monoisotopic (exact) mass is 382 g/mol. The number of benzene rings is 1. The summed E-state index contributed by atoms with van der Waals surface area (Å²) in [5.74, 6) is -1.80. The molecule has 1 aromatic carbocycles. The highest BCUT2D eigenvalue weighted by Gasteiger charge is 2.17. The van der Waals surface area contributed by atoms with Gasteiger partial charge in [-0.1, -0.05) is 11.6 Å². The zero-order valence-corrected chi connectivity index (χ0v) is 14.0. The van der Waals surface area contributed by atoms with Gasteiger partial charge in [0.05, 0.1) is 17.7 Å². The largest absolute Gasteiger partial charge is 0.395 e. The van der Waals surface area contributed by atoms with Crippen LogP contribution in [0.15, 0.2) is 35.1 Å². The molecule has 136 valence electrons. The molecule has 3 rings (SSSR count). The second-order valence-electron chi connectivity index (χ2n) is 5.28. The molecular formula is C16H13ClF2N4O3. The van der Waals surface area contributed by atoms with E-state index in [2.05, 4.69) is 9.97 Å². The number of aliphatic hydroxyl groups is 2. The Morgan fingerprint density at radius 3 is 2.58 bits per heavy atom. The smallest absolute Gasteiger partial charge is 0.256 e. The fourth-order valence-electron chi connectivity index (χ4n) is 2.46. The van der Waals surface area contributed by atoms with Crippen molar-refractivity contribution >= 4 is 28.6 Å². The van der Waals surface area contributed by atoms with E-state index in [-0.39, 0.29) is 41.0 Å². The molecule has 0 spiro atoms. The minimum atomic E-state index is -0.953. The van der Waals surface area contributed by atoms with Crippen molar-refractivity contribution in [3.05, 3.63) is 57.5 Å². The highest BCUT2D eigenvalue weighted by molar-refractivity contribution is 6.34. The van der Waals surface area contributed by atoms with Gasteiger partial charge in [-0.05, 0) is 18.2 Å². The summed E-state index contributed by atoms with van der Waals surface area (Å²) < 4.78 is 28.4. The van der Waals surface area contributed by atoms with E-state index in [1.807, 2.05) is 0 Å².